The van der Waals surface area contributed by atoms with Gasteiger partial charge in [-0.25, -0.2) is 0 Å². The van der Waals surface area contributed by atoms with Crippen LogP contribution in [-0.4, -0.2) is 18.2 Å². The van der Waals surface area contributed by atoms with Crippen molar-refractivity contribution in [2.45, 2.75) is 25.2 Å². The highest BCUT2D eigenvalue weighted by Gasteiger charge is 2.72. The summed E-state index contributed by atoms with van der Waals surface area (Å²) in [5.74, 6) is -0.144. The average Bonchev–Trinajstić information content (AvgIpc) is 2.78. The van der Waals surface area contributed by atoms with E-state index >= 15 is 0 Å². The Hall–Kier alpha value is -1.61. The predicted octanol–water partition coefficient (Wildman–Crippen LogP) is 2.07. The van der Waals surface area contributed by atoms with Crippen molar-refractivity contribution in [3.05, 3.63) is 48.6 Å². The van der Waals surface area contributed by atoms with Crippen LogP contribution in [-0.2, 0) is 20.9 Å². The van der Waals surface area contributed by atoms with Gasteiger partial charge >= 0.3 is 5.97 Å². The molecule has 1 aromatic rings. The lowest BCUT2D eigenvalue weighted by molar-refractivity contribution is -0.143. The number of benzene rings is 1. The van der Waals surface area contributed by atoms with Crippen LogP contribution in [0.25, 0.3) is 0 Å². The molecule has 88 valence electrons. The Morgan fingerprint density at radius 2 is 2.24 bits per heavy atom. The number of fused-ring (bicyclic) bond motifs is 1. The molecule has 0 amide bonds. The van der Waals surface area contributed by atoms with E-state index in [4.69, 9.17) is 9.47 Å². The van der Waals surface area contributed by atoms with Crippen LogP contribution in [0.15, 0.2) is 43.0 Å². The van der Waals surface area contributed by atoms with Gasteiger partial charge in [-0.15, -0.1) is 6.58 Å². The lowest BCUT2D eigenvalue weighted by Gasteiger charge is -2.09. The summed E-state index contributed by atoms with van der Waals surface area (Å²) in [4.78, 5) is 11.1. The fraction of sp³-hybridized carbons (Fsp3) is 0.357. The van der Waals surface area contributed by atoms with Crippen LogP contribution in [0.1, 0.15) is 12.0 Å². The topological polar surface area (TPSA) is 35.5 Å². The normalized spacial score (nSPS) is 34.0. The maximum Gasteiger partial charge on any atom is 0.307 e. The predicted molar refractivity (Wildman–Crippen MR) is 62.1 cm³/mol. The summed E-state index contributed by atoms with van der Waals surface area (Å²) in [6.45, 7) is 4.33. The molecule has 3 rings (SSSR count). The van der Waals surface area contributed by atoms with E-state index in [0.717, 1.165) is 5.56 Å². The molecule has 0 bridgehead atoms. The van der Waals surface area contributed by atoms with Gasteiger partial charge in [-0.3, -0.25) is 4.79 Å². The molecule has 0 N–H and O–H groups in total. The van der Waals surface area contributed by atoms with Crippen LogP contribution in [0.3, 0.4) is 0 Å². The van der Waals surface area contributed by atoms with Crippen molar-refractivity contribution in [1.29, 1.82) is 0 Å². The first-order valence-electron chi connectivity index (χ1n) is 5.75. The highest BCUT2D eigenvalue weighted by molar-refractivity contribution is 5.76. The van der Waals surface area contributed by atoms with E-state index in [9.17, 15) is 4.79 Å². The number of carbonyl (C=O) groups excluding carboxylic acids is 1. The first-order chi connectivity index (χ1) is 8.26. The summed E-state index contributed by atoms with van der Waals surface area (Å²) >= 11 is 0. The summed E-state index contributed by atoms with van der Waals surface area (Å²) in [5.41, 5.74) is 0.870. The second-order valence-corrected chi connectivity index (χ2v) is 4.62. The average molecular weight is 230 g/mol. The van der Waals surface area contributed by atoms with Crippen molar-refractivity contribution in [3.63, 3.8) is 0 Å². The van der Waals surface area contributed by atoms with Crippen LogP contribution in [0.2, 0.25) is 0 Å². The van der Waals surface area contributed by atoms with Gasteiger partial charge in [0, 0.05) is 0 Å². The minimum atomic E-state index is -0.258. The first kappa shape index (κ1) is 10.5. The Morgan fingerprint density at radius 3 is 2.88 bits per heavy atom. The smallest absolute Gasteiger partial charge is 0.307 e. The number of rotatable bonds is 4. The highest BCUT2D eigenvalue weighted by atomic mass is 16.6. The van der Waals surface area contributed by atoms with Gasteiger partial charge in [-0.1, -0.05) is 36.4 Å². The molecule has 0 aromatic heterocycles. The summed E-state index contributed by atoms with van der Waals surface area (Å²) in [6.07, 6.45) is 2.08. The van der Waals surface area contributed by atoms with E-state index in [1.165, 1.54) is 0 Å². The zero-order valence-electron chi connectivity index (χ0n) is 9.46. The molecule has 0 spiro atoms. The van der Waals surface area contributed by atoms with Gasteiger partial charge in [0.1, 0.15) is 12.2 Å². The second kappa shape index (κ2) is 3.70. The van der Waals surface area contributed by atoms with Gasteiger partial charge in [0.25, 0.3) is 0 Å². The van der Waals surface area contributed by atoms with E-state index in [2.05, 4.69) is 6.58 Å². The zero-order valence-corrected chi connectivity index (χ0v) is 9.46. The number of esters is 1. The Labute approximate surface area is 100 Å². The Balaban J connectivity index is 1.62. The molecule has 1 saturated carbocycles. The van der Waals surface area contributed by atoms with E-state index in [1.807, 2.05) is 30.3 Å². The van der Waals surface area contributed by atoms with Crippen LogP contribution < -0.4 is 0 Å². The van der Waals surface area contributed by atoms with Gasteiger partial charge in [0.15, 0.2) is 0 Å². The van der Waals surface area contributed by atoms with Crippen molar-refractivity contribution in [3.8, 4) is 0 Å². The van der Waals surface area contributed by atoms with E-state index in [-0.39, 0.29) is 23.6 Å². The number of hydrogen-bond donors (Lipinski definition) is 0. The molecule has 1 aromatic carbocycles. The molecular weight excluding hydrogens is 216 g/mol. The van der Waals surface area contributed by atoms with Crippen molar-refractivity contribution in [2.75, 3.05) is 0 Å². The molecular formula is C14H14O3. The third kappa shape index (κ3) is 1.58. The quantitative estimate of drug-likeness (QED) is 0.586. The Bertz CT molecular complexity index is 454. The van der Waals surface area contributed by atoms with E-state index in [0.29, 0.717) is 13.0 Å². The molecule has 1 aliphatic carbocycles. The molecule has 0 radical (unpaired) electrons. The maximum atomic E-state index is 11.1. The molecule has 1 aliphatic heterocycles. The SMILES string of the molecule is C=C[C@@]12CC(=O)O[C@@H]1C2OCc1ccccc1. The van der Waals surface area contributed by atoms with Crippen LogP contribution in [0.5, 0.6) is 0 Å². The Morgan fingerprint density at radius 1 is 1.47 bits per heavy atom. The minimum Gasteiger partial charge on any atom is -0.458 e. The molecule has 1 unspecified atom stereocenters. The molecule has 1 saturated heterocycles. The first-order valence-corrected chi connectivity index (χ1v) is 5.75. The molecule has 2 fully saturated rings. The molecule has 3 heteroatoms. The number of carbonyl (C=O) groups is 1. The lowest BCUT2D eigenvalue weighted by Crippen LogP contribution is -2.13. The summed E-state index contributed by atoms with van der Waals surface area (Å²) < 4.78 is 11.0. The van der Waals surface area contributed by atoms with Gasteiger partial charge < -0.3 is 9.47 Å². The van der Waals surface area contributed by atoms with Crippen molar-refractivity contribution >= 4 is 5.97 Å². The van der Waals surface area contributed by atoms with Crippen molar-refractivity contribution < 1.29 is 14.3 Å². The summed E-state index contributed by atoms with van der Waals surface area (Å²) in [6, 6.07) is 9.98. The third-order valence-electron chi connectivity index (χ3n) is 3.59. The van der Waals surface area contributed by atoms with Crippen LogP contribution in [0, 0.1) is 5.41 Å². The molecule has 3 nitrogen and oxygen atoms in total. The van der Waals surface area contributed by atoms with Crippen LogP contribution >= 0.6 is 0 Å². The molecule has 1 heterocycles. The third-order valence-corrected chi connectivity index (χ3v) is 3.59. The number of hydrogen-bond acceptors (Lipinski definition) is 3. The summed E-state index contributed by atoms with van der Waals surface area (Å²) in [5, 5.41) is 0. The zero-order chi connectivity index (χ0) is 11.9. The monoisotopic (exact) mass is 230 g/mol. The van der Waals surface area contributed by atoms with E-state index in [1.54, 1.807) is 6.08 Å². The highest BCUT2D eigenvalue weighted by Crippen LogP contribution is 2.59. The van der Waals surface area contributed by atoms with Gasteiger partial charge in [0.2, 0.25) is 0 Å². The largest absolute Gasteiger partial charge is 0.458 e. The lowest BCUT2D eigenvalue weighted by atomic mass is 10.0. The van der Waals surface area contributed by atoms with Crippen LogP contribution in [0.4, 0.5) is 0 Å². The van der Waals surface area contributed by atoms with Gasteiger partial charge in [-0.05, 0) is 5.56 Å². The number of ether oxygens (including phenoxy) is 2. The standard InChI is InChI=1S/C14H14O3/c1-2-14-8-11(15)17-13(14)12(14)16-9-10-6-4-3-5-7-10/h2-7,12-13H,1,8-9H2/t12?,13-,14+/m1/s1. The minimum absolute atomic E-state index is 0.0158. The Kier molecular flexibility index (Phi) is 2.30. The van der Waals surface area contributed by atoms with Gasteiger partial charge in [-0.2, -0.15) is 0 Å². The van der Waals surface area contributed by atoms with Crippen molar-refractivity contribution in [1.82, 2.24) is 0 Å². The molecule has 2 aliphatic rings. The fourth-order valence-corrected chi connectivity index (χ4v) is 2.50. The maximum absolute atomic E-state index is 11.1. The summed E-state index contributed by atoms with van der Waals surface area (Å²) in [7, 11) is 0. The van der Waals surface area contributed by atoms with Crippen molar-refractivity contribution in [2.24, 2.45) is 5.41 Å². The van der Waals surface area contributed by atoms with E-state index < -0.39 is 0 Å². The van der Waals surface area contributed by atoms with Gasteiger partial charge in [0.05, 0.1) is 18.4 Å². The molecule has 3 atom stereocenters. The second-order valence-electron chi connectivity index (χ2n) is 4.62. The fourth-order valence-electron chi connectivity index (χ4n) is 2.50. The molecule has 17 heavy (non-hydrogen) atoms.